The zero-order chi connectivity index (χ0) is 24.1. The van der Waals surface area contributed by atoms with Gasteiger partial charge in [-0.05, 0) is 82.8 Å². The molecule has 0 atom stereocenters. The minimum Gasteiger partial charge on any atom is -0.423 e. The molecule has 0 bridgehead atoms. The van der Waals surface area contributed by atoms with E-state index >= 15 is 0 Å². The summed E-state index contributed by atoms with van der Waals surface area (Å²) in [5.41, 5.74) is 4.94. The van der Waals surface area contributed by atoms with Gasteiger partial charge in [0.2, 0.25) is 0 Å². The number of halogens is 3. The molecule has 0 radical (unpaired) electrons. The van der Waals surface area contributed by atoms with E-state index in [0.29, 0.717) is 4.78 Å². The molecule has 0 fully saturated rings. The Morgan fingerprint density at radius 2 is 1.12 bits per heavy atom. The number of rotatable bonds is 2. The Morgan fingerprint density at radius 3 is 1.59 bits per heavy atom. The van der Waals surface area contributed by atoms with Crippen molar-refractivity contribution in [2.24, 2.45) is 0 Å². The normalized spacial score (nSPS) is 10.5. The quantitative estimate of drug-likeness (QED) is 0.191. The van der Waals surface area contributed by atoms with E-state index in [0.717, 1.165) is 41.0 Å². The molecular weight excluding hydrogens is 707 g/mol. The summed E-state index contributed by atoms with van der Waals surface area (Å²) in [6, 6.07) is 15.6. The van der Waals surface area contributed by atoms with Crippen LogP contribution in [0.15, 0.2) is 72.7 Å². The molecule has 4 heterocycles. The number of fused-ring (bicyclic) bond motifs is 2. The Balaban J connectivity index is 0.000000128. The van der Waals surface area contributed by atoms with Crippen molar-refractivity contribution in [1.82, 2.24) is 17.5 Å². The number of hydrogen-bond acceptors (Lipinski definition) is 10. The van der Waals surface area contributed by atoms with Gasteiger partial charge in [-0.15, -0.1) is 11.3 Å². The number of thiophene rings is 2. The topological polar surface area (TPSA) is 92.0 Å². The Labute approximate surface area is 236 Å². The first-order valence-electron chi connectivity index (χ1n) is 9.36. The van der Waals surface area contributed by atoms with Gasteiger partial charge < -0.3 is 10.0 Å². The number of nitrogens with zero attached hydrogens (tertiary/aromatic N) is 4. The summed E-state index contributed by atoms with van der Waals surface area (Å²) in [6.45, 7) is 0. The molecule has 0 spiro atoms. The van der Waals surface area contributed by atoms with Gasteiger partial charge in [-0.25, -0.2) is 0 Å². The highest BCUT2D eigenvalue weighted by Gasteiger charge is 2.11. The maximum absolute atomic E-state index is 8.48. The smallest absolute Gasteiger partial charge is 0.423 e. The number of hydrogen-bond donors (Lipinski definition) is 2. The summed E-state index contributed by atoms with van der Waals surface area (Å²) in [5, 5.41) is 20.8. The highest BCUT2D eigenvalue weighted by Crippen LogP contribution is 2.34. The van der Waals surface area contributed by atoms with E-state index in [-0.39, 0.29) is 0 Å². The highest BCUT2D eigenvalue weighted by atomic mass is 79.9. The predicted molar refractivity (Wildman–Crippen MR) is 155 cm³/mol. The van der Waals surface area contributed by atoms with E-state index in [1.807, 2.05) is 24.3 Å². The summed E-state index contributed by atoms with van der Waals surface area (Å²) < 4.78 is 20.5. The van der Waals surface area contributed by atoms with Gasteiger partial charge in [-0.3, -0.25) is 0 Å². The number of benzene rings is 2. The molecule has 0 aliphatic heterocycles. The third-order valence-corrected chi connectivity index (χ3v) is 9.06. The lowest BCUT2D eigenvalue weighted by Gasteiger charge is -1.99. The first-order chi connectivity index (χ1) is 16.5. The van der Waals surface area contributed by atoms with Crippen molar-refractivity contribution in [3.05, 3.63) is 72.7 Å². The lowest BCUT2D eigenvalue weighted by molar-refractivity contribution is 0.427. The van der Waals surface area contributed by atoms with Crippen molar-refractivity contribution < 1.29 is 10.0 Å². The zero-order valence-electron chi connectivity index (χ0n) is 16.8. The minimum atomic E-state index is -1.30. The van der Waals surface area contributed by atoms with Crippen LogP contribution >= 0.6 is 93.9 Å². The fourth-order valence-corrected chi connectivity index (χ4v) is 6.78. The van der Waals surface area contributed by atoms with Gasteiger partial charge >= 0.3 is 7.12 Å². The molecule has 6 rings (SSSR count). The van der Waals surface area contributed by atoms with Crippen LogP contribution in [0.25, 0.3) is 32.5 Å². The van der Waals surface area contributed by atoms with Gasteiger partial charge in [-0.2, -0.15) is 28.8 Å². The van der Waals surface area contributed by atoms with Crippen LogP contribution in [0.5, 0.6) is 0 Å². The maximum Gasteiger partial charge on any atom is 0.499 e. The maximum atomic E-state index is 8.48. The molecule has 172 valence electrons. The van der Waals surface area contributed by atoms with Gasteiger partial charge in [-0.1, -0.05) is 24.3 Å². The molecule has 0 unspecified atom stereocenters. The summed E-state index contributed by atoms with van der Waals surface area (Å²) in [4.78, 5) is 1.24. The van der Waals surface area contributed by atoms with Crippen LogP contribution in [0.1, 0.15) is 0 Å². The lowest BCUT2D eigenvalue weighted by atomic mass is 9.90. The fourth-order valence-electron chi connectivity index (χ4n) is 2.71. The van der Waals surface area contributed by atoms with E-state index in [1.165, 1.54) is 39.7 Å². The first-order valence-corrected chi connectivity index (χ1v) is 15.0. The van der Waals surface area contributed by atoms with Gasteiger partial charge in [0.1, 0.15) is 22.1 Å². The molecule has 0 aliphatic carbocycles. The van der Waals surface area contributed by atoms with E-state index in [9.17, 15) is 0 Å². The Bertz CT molecular complexity index is 1450. The molecule has 0 aliphatic rings. The van der Waals surface area contributed by atoms with Crippen molar-refractivity contribution in [2.45, 2.75) is 0 Å². The fraction of sp³-hybridized carbons (Fsp3) is 0. The van der Waals surface area contributed by atoms with Crippen molar-refractivity contribution in [3.8, 4) is 10.4 Å². The monoisotopic (exact) mass is 716 g/mol. The Hall–Kier alpha value is -1.10. The molecule has 0 saturated heterocycles. The molecule has 2 aromatic carbocycles. The van der Waals surface area contributed by atoms with Crippen molar-refractivity contribution in [2.75, 3.05) is 0 Å². The zero-order valence-corrected chi connectivity index (χ0v) is 24.8. The molecule has 34 heavy (non-hydrogen) atoms. The van der Waals surface area contributed by atoms with E-state index in [4.69, 9.17) is 10.0 Å². The third kappa shape index (κ3) is 6.17. The molecular formula is C20H12BBr3N4O2S4. The summed E-state index contributed by atoms with van der Waals surface area (Å²) in [7, 11) is -1.30. The van der Waals surface area contributed by atoms with Crippen molar-refractivity contribution in [1.29, 1.82) is 0 Å². The van der Waals surface area contributed by atoms with Crippen LogP contribution in [-0.2, 0) is 0 Å². The van der Waals surface area contributed by atoms with Gasteiger partial charge in [0.05, 0.1) is 23.5 Å². The molecule has 6 aromatic rings. The van der Waals surface area contributed by atoms with E-state index in [2.05, 4.69) is 82.8 Å². The second-order valence-electron chi connectivity index (χ2n) is 6.41. The van der Waals surface area contributed by atoms with Crippen molar-refractivity contribution in [3.63, 3.8) is 0 Å². The molecule has 4 aromatic heterocycles. The van der Waals surface area contributed by atoms with E-state index in [1.54, 1.807) is 28.8 Å². The SMILES string of the molecule is Brc1ccc(-c2cccs2)c2nsnc12.Brc1ccc(Br)c2nsnc12.OB(O)c1cccs1. The molecule has 0 amide bonds. The third-order valence-electron chi connectivity index (χ3n) is 4.27. The first kappa shape index (κ1) is 26.0. The summed E-state index contributed by atoms with van der Waals surface area (Å²) >= 11 is 15.8. The molecule has 2 N–H and O–H groups in total. The molecule has 6 nitrogen and oxygen atoms in total. The summed E-state index contributed by atoms with van der Waals surface area (Å²) in [6.07, 6.45) is 0. The van der Waals surface area contributed by atoms with Gasteiger partial charge in [0.25, 0.3) is 0 Å². The predicted octanol–water partition coefficient (Wildman–Crippen LogP) is 6.83. The minimum absolute atomic E-state index is 0.588. The lowest BCUT2D eigenvalue weighted by Crippen LogP contribution is -2.26. The molecule has 14 heteroatoms. The van der Waals surface area contributed by atoms with Crippen LogP contribution < -0.4 is 4.78 Å². The average molecular weight is 719 g/mol. The average Bonchev–Trinajstić information content (AvgIpc) is 3.65. The van der Waals surface area contributed by atoms with Crippen molar-refractivity contribution >= 4 is 128 Å². The number of aromatic nitrogens is 4. The Kier molecular flexibility index (Phi) is 9.35. The second-order valence-corrected chi connectivity index (χ2v) is 12.0. The highest BCUT2D eigenvalue weighted by molar-refractivity contribution is 9.11. The van der Waals surface area contributed by atoms with Crippen LogP contribution in [0.2, 0.25) is 0 Å². The van der Waals surface area contributed by atoms with Crippen LogP contribution in [-0.4, -0.2) is 34.7 Å². The van der Waals surface area contributed by atoms with Crippen LogP contribution in [0.3, 0.4) is 0 Å². The largest absolute Gasteiger partial charge is 0.499 e. The molecule has 0 saturated carbocycles. The van der Waals surface area contributed by atoms with Gasteiger partial charge in [0.15, 0.2) is 0 Å². The van der Waals surface area contributed by atoms with E-state index < -0.39 is 7.12 Å². The second kappa shape index (κ2) is 12.2. The van der Waals surface area contributed by atoms with Crippen LogP contribution in [0.4, 0.5) is 0 Å². The Morgan fingerprint density at radius 1 is 0.618 bits per heavy atom. The summed E-state index contributed by atoms with van der Waals surface area (Å²) in [5.74, 6) is 0. The van der Waals surface area contributed by atoms with Crippen LogP contribution in [0, 0.1) is 0 Å². The van der Waals surface area contributed by atoms with Gasteiger partial charge in [0, 0.05) is 28.6 Å². The standard InChI is InChI=1S/C10H5BrN2S2.C6H2Br2N2S.C4H5BO2S/c11-7-4-3-6(8-2-1-5-14-8)9-10(7)13-15-12-9;7-3-1-2-4(8)6-5(3)9-11-10-6;6-5(7)4-2-1-3-8-4/h1-5H;1-2H;1-3,6-7H.